The van der Waals surface area contributed by atoms with E-state index in [2.05, 4.69) is 11.8 Å². The van der Waals surface area contributed by atoms with Crippen LogP contribution in [-0.2, 0) is 4.74 Å². The van der Waals surface area contributed by atoms with Crippen molar-refractivity contribution >= 4 is 5.91 Å². The number of carbonyl (C=O) groups excluding carboxylic acids is 1. The summed E-state index contributed by atoms with van der Waals surface area (Å²) in [5.74, 6) is 6.30. The number of nitrogens with zero attached hydrogens (tertiary/aromatic N) is 1. The lowest BCUT2D eigenvalue weighted by molar-refractivity contribution is 0.0775. The highest BCUT2D eigenvalue weighted by Crippen LogP contribution is 2.20. The third-order valence-electron chi connectivity index (χ3n) is 3.59. The first kappa shape index (κ1) is 15.6. The first-order valence-corrected chi connectivity index (χ1v) is 7.23. The number of rotatable bonds is 4. The lowest BCUT2D eigenvalue weighted by atomic mass is 10.1. The van der Waals surface area contributed by atoms with Gasteiger partial charge in [0.15, 0.2) is 0 Å². The van der Waals surface area contributed by atoms with E-state index >= 15 is 0 Å². The number of benzene rings is 1. The van der Waals surface area contributed by atoms with Crippen molar-refractivity contribution in [3.05, 3.63) is 35.4 Å². The van der Waals surface area contributed by atoms with Crippen LogP contribution in [0.2, 0.25) is 0 Å². The molecule has 0 spiro atoms. The van der Waals surface area contributed by atoms with E-state index in [-0.39, 0.29) is 12.5 Å². The van der Waals surface area contributed by atoms with Gasteiger partial charge < -0.3 is 14.7 Å². The average Bonchev–Trinajstić information content (AvgIpc) is 2.96. The minimum absolute atomic E-state index is 0.0301. The van der Waals surface area contributed by atoms with Gasteiger partial charge in [0, 0.05) is 38.1 Å². The van der Waals surface area contributed by atoms with Crippen molar-refractivity contribution in [3.8, 4) is 11.8 Å². The Hall–Kier alpha value is -1.83. The Morgan fingerprint density at radius 1 is 1.48 bits per heavy atom. The molecule has 1 aliphatic heterocycles. The normalized spacial score (nSPS) is 17.4. The van der Waals surface area contributed by atoms with Crippen LogP contribution in [0.1, 0.15) is 28.8 Å². The zero-order valence-electron chi connectivity index (χ0n) is 12.3. The van der Waals surface area contributed by atoms with Gasteiger partial charge in [-0.3, -0.25) is 4.79 Å². The van der Waals surface area contributed by atoms with Crippen molar-refractivity contribution in [2.45, 2.75) is 12.8 Å². The molecule has 4 nitrogen and oxygen atoms in total. The van der Waals surface area contributed by atoms with Gasteiger partial charge in [-0.1, -0.05) is 24.0 Å². The predicted molar refractivity (Wildman–Crippen MR) is 80.9 cm³/mol. The number of aliphatic hydroxyl groups is 1. The molecule has 1 atom stereocenters. The molecule has 4 heteroatoms. The van der Waals surface area contributed by atoms with Crippen LogP contribution in [0.5, 0.6) is 0 Å². The fourth-order valence-electron chi connectivity index (χ4n) is 2.55. The topological polar surface area (TPSA) is 49.8 Å². The maximum absolute atomic E-state index is 12.6. The van der Waals surface area contributed by atoms with Crippen LogP contribution in [0.15, 0.2) is 24.3 Å². The van der Waals surface area contributed by atoms with E-state index < -0.39 is 0 Å². The molecular weight excluding hydrogens is 266 g/mol. The van der Waals surface area contributed by atoms with E-state index in [1.54, 1.807) is 7.11 Å². The van der Waals surface area contributed by atoms with Crippen molar-refractivity contribution in [3.63, 3.8) is 0 Å². The van der Waals surface area contributed by atoms with Crippen molar-refractivity contribution in [1.29, 1.82) is 0 Å². The van der Waals surface area contributed by atoms with E-state index in [1.807, 2.05) is 29.2 Å². The molecule has 1 N–H and O–H groups in total. The molecule has 0 radical (unpaired) electrons. The number of hydrogen-bond acceptors (Lipinski definition) is 3. The molecule has 1 amide bonds. The lowest BCUT2D eigenvalue weighted by Crippen LogP contribution is -2.29. The molecule has 1 saturated heterocycles. The molecular formula is C17H21NO3. The highest BCUT2D eigenvalue weighted by molar-refractivity contribution is 5.96. The third-order valence-corrected chi connectivity index (χ3v) is 3.59. The SMILES string of the molecule is COCC1CCN(C(=O)c2ccccc2C#CCCO)C1. The average molecular weight is 287 g/mol. The molecule has 1 heterocycles. The number of hydrogen-bond donors (Lipinski definition) is 1. The summed E-state index contributed by atoms with van der Waals surface area (Å²) >= 11 is 0. The lowest BCUT2D eigenvalue weighted by Gasteiger charge is -2.17. The Morgan fingerprint density at radius 2 is 2.29 bits per heavy atom. The molecule has 0 aromatic heterocycles. The molecule has 1 unspecified atom stereocenters. The van der Waals surface area contributed by atoms with Gasteiger partial charge in [-0.05, 0) is 18.6 Å². The van der Waals surface area contributed by atoms with Gasteiger partial charge >= 0.3 is 0 Å². The van der Waals surface area contributed by atoms with E-state index in [9.17, 15) is 4.79 Å². The smallest absolute Gasteiger partial charge is 0.255 e. The Morgan fingerprint density at radius 3 is 3.05 bits per heavy atom. The second-order valence-electron chi connectivity index (χ2n) is 5.18. The van der Waals surface area contributed by atoms with E-state index in [0.29, 0.717) is 24.5 Å². The van der Waals surface area contributed by atoms with Crippen LogP contribution >= 0.6 is 0 Å². The van der Waals surface area contributed by atoms with Crippen LogP contribution in [-0.4, -0.2) is 49.3 Å². The molecule has 1 aromatic rings. The number of amides is 1. The van der Waals surface area contributed by atoms with Crippen molar-refractivity contribution in [2.24, 2.45) is 5.92 Å². The molecule has 112 valence electrons. The monoisotopic (exact) mass is 287 g/mol. The Kier molecular flexibility index (Phi) is 5.79. The molecule has 0 saturated carbocycles. The molecule has 0 bridgehead atoms. The minimum atomic E-state index is 0.0301. The van der Waals surface area contributed by atoms with Crippen LogP contribution in [0.3, 0.4) is 0 Å². The Bertz CT molecular complexity index is 544. The highest BCUT2D eigenvalue weighted by atomic mass is 16.5. The van der Waals surface area contributed by atoms with Gasteiger partial charge in [-0.2, -0.15) is 0 Å². The summed E-state index contributed by atoms with van der Waals surface area (Å²) < 4.78 is 5.16. The fourth-order valence-corrected chi connectivity index (χ4v) is 2.55. The van der Waals surface area contributed by atoms with Crippen LogP contribution < -0.4 is 0 Å². The van der Waals surface area contributed by atoms with E-state index in [0.717, 1.165) is 25.1 Å². The molecule has 1 aromatic carbocycles. The molecule has 2 rings (SSSR count). The summed E-state index contributed by atoms with van der Waals surface area (Å²) in [5.41, 5.74) is 1.37. The van der Waals surface area contributed by atoms with Crippen LogP contribution in [0.25, 0.3) is 0 Å². The van der Waals surface area contributed by atoms with Crippen LogP contribution in [0, 0.1) is 17.8 Å². The third kappa shape index (κ3) is 4.07. The molecule has 1 fully saturated rings. The predicted octanol–water partition coefficient (Wildman–Crippen LogP) is 1.53. The highest BCUT2D eigenvalue weighted by Gasteiger charge is 2.27. The first-order chi connectivity index (χ1) is 10.3. The van der Waals surface area contributed by atoms with Gasteiger partial charge in [-0.15, -0.1) is 0 Å². The van der Waals surface area contributed by atoms with E-state index in [1.165, 1.54) is 0 Å². The zero-order valence-corrected chi connectivity index (χ0v) is 12.3. The number of ether oxygens (including phenoxy) is 1. The second kappa shape index (κ2) is 7.82. The maximum Gasteiger partial charge on any atom is 0.255 e. The van der Waals surface area contributed by atoms with Gasteiger partial charge in [0.1, 0.15) is 0 Å². The molecule has 1 aliphatic rings. The number of aliphatic hydroxyl groups excluding tert-OH is 1. The molecule has 0 aliphatic carbocycles. The van der Waals surface area contributed by atoms with Gasteiger partial charge in [-0.25, -0.2) is 0 Å². The van der Waals surface area contributed by atoms with Gasteiger partial charge in [0.2, 0.25) is 0 Å². The van der Waals surface area contributed by atoms with E-state index in [4.69, 9.17) is 9.84 Å². The summed E-state index contributed by atoms with van der Waals surface area (Å²) in [6.07, 6.45) is 1.40. The quantitative estimate of drug-likeness (QED) is 0.854. The summed E-state index contributed by atoms with van der Waals surface area (Å²) in [6, 6.07) is 7.39. The Balaban J connectivity index is 2.11. The number of carbonyl (C=O) groups is 1. The first-order valence-electron chi connectivity index (χ1n) is 7.23. The van der Waals surface area contributed by atoms with Gasteiger partial charge in [0.25, 0.3) is 5.91 Å². The summed E-state index contributed by atoms with van der Waals surface area (Å²) in [4.78, 5) is 14.5. The van der Waals surface area contributed by atoms with Crippen LogP contribution in [0.4, 0.5) is 0 Å². The number of likely N-dealkylation sites (tertiary alicyclic amines) is 1. The second-order valence-corrected chi connectivity index (χ2v) is 5.18. The fraction of sp³-hybridized carbons (Fsp3) is 0.471. The van der Waals surface area contributed by atoms with Crippen molar-refractivity contribution in [1.82, 2.24) is 4.90 Å². The largest absolute Gasteiger partial charge is 0.395 e. The molecule has 21 heavy (non-hydrogen) atoms. The van der Waals surface area contributed by atoms with Crippen molar-refractivity contribution < 1.29 is 14.6 Å². The number of methoxy groups -OCH3 is 1. The summed E-state index contributed by atoms with van der Waals surface area (Å²) in [5, 5.41) is 8.79. The minimum Gasteiger partial charge on any atom is -0.395 e. The standard InChI is InChI=1S/C17H21NO3/c1-21-13-14-9-10-18(12-14)17(20)16-8-3-2-6-15(16)7-4-5-11-19/h2-3,6,8,14,19H,5,9-13H2,1H3. The summed E-state index contributed by atoms with van der Waals surface area (Å²) in [7, 11) is 1.69. The summed E-state index contributed by atoms with van der Waals surface area (Å²) in [6.45, 7) is 2.24. The van der Waals surface area contributed by atoms with Gasteiger partial charge in [0.05, 0.1) is 18.8 Å². The zero-order chi connectivity index (χ0) is 15.1. The maximum atomic E-state index is 12.6. The van der Waals surface area contributed by atoms with Crippen molar-refractivity contribution in [2.75, 3.05) is 33.4 Å². The Labute approximate surface area is 125 Å².